The summed E-state index contributed by atoms with van der Waals surface area (Å²) in [6.45, 7) is 0.329. The first-order chi connectivity index (χ1) is 14.7. The second kappa shape index (κ2) is 8.91. The number of carbonyl (C=O) groups is 1. The van der Waals surface area contributed by atoms with Crippen molar-refractivity contribution in [3.8, 4) is 0 Å². The van der Waals surface area contributed by atoms with E-state index in [0.717, 1.165) is 17.3 Å². The summed E-state index contributed by atoms with van der Waals surface area (Å²) in [7, 11) is -6.20. The van der Waals surface area contributed by atoms with Gasteiger partial charge >= 0.3 is 0 Å². The van der Waals surface area contributed by atoms with Crippen LogP contribution in [0.25, 0.3) is 0 Å². The summed E-state index contributed by atoms with van der Waals surface area (Å²) < 4.78 is 52.8. The molecule has 2 aromatic rings. The van der Waals surface area contributed by atoms with Gasteiger partial charge < -0.3 is 9.32 Å². The summed E-state index contributed by atoms with van der Waals surface area (Å²) >= 11 is 1.08. The van der Waals surface area contributed by atoms with Gasteiger partial charge in [-0.25, -0.2) is 16.8 Å². The first-order valence-corrected chi connectivity index (χ1v) is 14.5. The lowest BCUT2D eigenvalue weighted by Gasteiger charge is -2.28. The number of hydrogen-bond donors (Lipinski definition) is 0. The van der Waals surface area contributed by atoms with E-state index in [-0.39, 0.29) is 57.7 Å². The molecule has 1 aromatic heterocycles. The number of rotatable bonds is 7. The molecule has 2 aliphatic rings. The van der Waals surface area contributed by atoms with Crippen LogP contribution in [0.3, 0.4) is 0 Å². The largest absolute Gasteiger partial charge is 0.416 e. The number of carbonyl (C=O) groups excluding carboxylic acids is 1. The van der Waals surface area contributed by atoms with Crippen LogP contribution in [0.4, 0.5) is 0 Å². The van der Waals surface area contributed by atoms with Gasteiger partial charge in [-0.1, -0.05) is 42.1 Å². The first kappa shape index (κ1) is 22.3. The van der Waals surface area contributed by atoms with Gasteiger partial charge in [-0.2, -0.15) is 0 Å². The van der Waals surface area contributed by atoms with Crippen molar-refractivity contribution >= 4 is 37.3 Å². The first-order valence-electron chi connectivity index (χ1n) is 9.91. The lowest BCUT2D eigenvalue weighted by atomic mass is 10.1. The smallest absolute Gasteiger partial charge is 0.277 e. The zero-order valence-electron chi connectivity index (χ0n) is 16.7. The van der Waals surface area contributed by atoms with E-state index >= 15 is 0 Å². The van der Waals surface area contributed by atoms with Crippen molar-refractivity contribution in [1.29, 1.82) is 0 Å². The molecule has 2 aliphatic heterocycles. The highest BCUT2D eigenvalue weighted by atomic mass is 32.2. The number of aromatic nitrogens is 2. The molecule has 0 bridgehead atoms. The Hall–Kier alpha value is -1.92. The predicted octanol–water partition coefficient (Wildman–Crippen LogP) is 1.28. The predicted molar refractivity (Wildman–Crippen MR) is 115 cm³/mol. The van der Waals surface area contributed by atoms with E-state index in [1.54, 1.807) is 4.90 Å². The highest BCUT2D eigenvalue weighted by molar-refractivity contribution is 7.99. The molecule has 9 nitrogen and oxygen atoms in total. The third-order valence-electron chi connectivity index (χ3n) is 5.49. The van der Waals surface area contributed by atoms with E-state index in [0.29, 0.717) is 19.4 Å². The standard InChI is InChI=1S/C19H23N3O6S3/c23-17(11-29-19-21-20-18(28-19)15-6-8-30(24,25)12-15)22(10-14-4-2-1-3-5-14)16-7-9-31(26,27)13-16/h1-5,15-16H,6-13H2. The van der Waals surface area contributed by atoms with Crippen molar-refractivity contribution in [3.63, 3.8) is 0 Å². The van der Waals surface area contributed by atoms with Crippen LogP contribution in [-0.2, 0) is 31.0 Å². The number of amides is 1. The van der Waals surface area contributed by atoms with E-state index in [2.05, 4.69) is 10.2 Å². The van der Waals surface area contributed by atoms with E-state index < -0.39 is 19.7 Å². The van der Waals surface area contributed by atoms with E-state index in [4.69, 9.17) is 4.42 Å². The molecule has 3 heterocycles. The van der Waals surface area contributed by atoms with Gasteiger partial charge in [0.05, 0.1) is 34.7 Å². The van der Waals surface area contributed by atoms with Crippen molar-refractivity contribution in [3.05, 3.63) is 41.8 Å². The maximum absolute atomic E-state index is 13.0. The summed E-state index contributed by atoms with van der Waals surface area (Å²) in [4.78, 5) is 14.6. The summed E-state index contributed by atoms with van der Waals surface area (Å²) in [5, 5.41) is 8.07. The Morgan fingerprint density at radius 3 is 2.39 bits per heavy atom. The zero-order chi connectivity index (χ0) is 22.1. The fourth-order valence-corrected chi connectivity index (χ4v) is 7.98. The molecule has 4 rings (SSSR count). The molecule has 0 aliphatic carbocycles. The molecule has 0 N–H and O–H groups in total. The van der Waals surface area contributed by atoms with E-state index in [1.807, 2.05) is 30.3 Å². The molecule has 31 heavy (non-hydrogen) atoms. The average molecular weight is 486 g/mol. The minimum Gasteiger partial charge on any atom is -0.416 e. The van der Waals surface area contributed by atoms with Crippen LogP contribution in [-0.4, -0.2) is 72.6 Å². The highest BCUT2D eigenvalue weighted by Crippen LogP contribution is 2.30. The third kappa shape index (κ3) is 5.66. The molecule has 2 atom stereocenters. The lowest BCUT2D eigenvalue weighted by molar-refractivity contribution is -0.130. The molecule has 0 saturated carbocycles. The van der Waals surface area contributed by atoms with Crippen LogP contribution in [0.15, 0.2) is 40.0 Å². The van der Waals surface area contributed by atoms with Crippen molar-refractivity contribution in [2.45, 2.75) is 36.6 Å². The average Bonchev–Trinajstić information content (AvgIpc) is 3.43. The third-order valence-corrected chi connectivity index (χ3v) is 9.81. The van der Waals surface area contributed by atoms with Crippen molar-refractivity contribution in [2.75, 3.05) is 28.8 Å². The van der Waals surface area contributed by atoms with Crippen LogP contribution in [0, 0.1) is 0 Å². The fraction of sp³-hybridized carbons (Fsp3) is 0.526. The minimum absolute atomic E-state index is 0.000756. The maximum Gasteiger partial charge on any atom is 0.277 e. The monoisotopic (exact) mass is 485 g/mol. The van der Waals surface area contributed by atoms with Crippen molar-refractivity contribution in [2.24, 2.45) is 0 Å². The molecule has 1 aromatic carbocycles. The molecule has 2 fully saturated rings. The second-order valence-electron chi connectivity index (χ2n) is 7.86. The fourth-order valence-electron chi connectivity index (χ4n) is 3.86. The lowest BCUT2D eigenvalue weighted by Crippen LogP contribution is -2.41. The molecule has 0 radical (unpaired) electrons. The molecule has 12 heteroatoms. The Balaban J connectivity index is 1.42. The summed E-state index contributed by atoms with van der Waals surface area (Å²) in [5.41, 5.74) is 0.924. The summed E-state index contributed by atoms with van der Waals surface area (Å²) in [6.07, 6.45) is 0.876. The number of sulfone groups is 2. The van der Waals surface area contributed by atoms with Crippen LogP contribution < -0.4 is 0 Å². The van der Waals surface area contributed by atoms with Crippen LogP contribution in [0.1, 0.15) is 30.2 Å². The Labute approximate surface area is 185 Å². The molecular weight excluding hydrogens is 462 g/mol. The Bertz CT molecular complexity index is 1150. The number of thioether (sulfide) groups is 1. The normalized spacial score (nSPS) is 24.3. The number of nitrogens with zero attached hydrogens (tertiary/aromatic N) is 3. The van der Waals surface area contributed by atoms with Gasteiger partial charge in [-0.3, -0.25) is 4.79 Å². The van der Waals surface area contributed by atoms with Gasteiger partial charge in [-0.15, -0.1) is 10.2 Å². The molecule has 1 amide bonds. The van der Waals surface area contributed by atoms with Crippen molar-refractivity contribution < 1.29 is 26.0 Å². The highest BCUT2D eigenvalue weighted by Gasteiger charge is 2.35. The molecule has 168 valence electrons. The molecule has 0 spiro atoms. The van der Waals surface area contributed by atoms with E-state index in [1.165, 1.54) is 0 Å². The number of benzene rings is 1. The van der Waals surface area contributed by atoms with Crippen LogP contribution in [0.2, 0.25) is 0 Å². The van der Waals surface area contributed by atoms with Crippen molar-refractivity contribution in [1.82, 2.24) is 15.1 Å². The van der Waals surface area contributed by atoms with Gasteiger partial charge in [-0.05, 0) is 18.4 Å². The SMILES string of the molecule is O=C(CSc1nnc(C2CCS(=O)(=O)C2)o1)N(Cc1ccccc1)C1CCS(=O)(=O)C1. The number of hydrogen-bond acceptors (Lipinski definition) is 9. The zero-order valence-corrected chi connectivity index (χ0v) is 19.2. The van der Waals surface area contributed by atoms with Crippen LogP contribution >= 0.6 is 11.8 Å². The minimum atomic E-state index is -3.14. The Morgan fingerprint density at radius 1 is 1.03 bits per heavy atom. The molecular formula is C19H23N3O6S3. The Kier molecular flexibility index (Phi) is 6.40. The Morgan fingerprint density at radius 2 is 1.74 bits per heavy atom. The maximum atomic E-state index is 13.0. The van der Waals surface area contributed by atoms with Gasteiger partial charge in [0.2, 0.25) is 11.8 Å². The van der Waals surface area contributed by atoms with Gasteiger partial charge in [0.25, 0.3) is 5.22 Å². The van der Waals surface area contributed by atoms with Gasteiger partial charge in [0.15, 0.2) is 19.7 Å². The van der Waals surface area contributed by atoms with E-state index in [9.17, 15) is 21.6 Å². The molecule has 2 unspecified atom stereocenters. The van der Waals surface area contributed by atoms with Gasteiger partial charge in [0, 0.05) is 12.6 Å². The van der Waals surface area contributed by atoms with Gasteiger partial charge in [0.1, 0.15) is 0 Å². The summed E-state index contributed by atoms with van der Waals surface area (Å²) in [6, 6.07) is 9.07. The quantitative estimate of drug-likeness (QED) is 0.533. The van der Waals surface area contributed by atoms with Crippen LogP contribution in [0.5, 0.6) is 0 Å². The summed E-state index contributed by atoms with van der Waals surface area (Å²) in [5.74, 6) is -0.0517. The molecule has 2 saturated heterocycles. The topological polar surface area (TPSA) is 128 Å². The second-order valence-corrected chi connectivity index (χ2v) is 13.2.